The predicted octanol–water partition coefficient (Wildman–Crippen LogP) is 9.24. The van der Waals surface area contributed by atoms with E-state index < -0.39 is 0 Å². The molecule has 2 aliphatic rings. The molecular weight excluding hydrogens is 626 g/mol. The first-order chi connectivity index (χ1) is 21.5. The quantitative estimate of drug-likeness (QED) is 0.164. The number of aromatic nitrogens is 3. The van der Waals surface area contributed by atoms with Gasteiger partial charge < -0.3 is 0 Å². The van der Waals surface area contributed by atoms with Gasteiger partial charge in [0.2, 0.25) is 0 Å². The molecule has 10 heteroatoms. The summed E-state index contributed by atoms with van der Waals surface area (Å²) in [6.07, 6.45) is 5.34. The third-order valence-corrected chi connectivity index (χ3v) is 11.1. The first-order valence-electron chi connectivity index (χ1n) is 14.6. The second kappa shape index (κ2) is 12.5. The van der Waals surface area contributed by atoms with Gasteiger partial charge in [-0.25, -0.2) is 5.01 Å². The van der Waals surface area contributed by atoms with Gasteiger partial charge in [0, 0.05) is 21.2 Å². The molecule has 0 bridgehead atoms. The van der Waals surface area contributed by atoms with Crippen LogP contribution in [0.5, 0.6) is 0 Å². The van der Waals surface area contributed by atoms with E-state index in [4.69, 9.17) is 16.7 Å². The first kappa shape index (κ1) is 29.2. The number of rotatable bonds is 7. The normalized spacial score (nSPS) is 18.9. The number of benzene rings is 2. The predicted molar refractivity (Wildman–Crippen MR) is 183 cm³/mol. The molecule has 2 atom stereocenters. The van der Waals surface area contributed by atoms with Gasteiger partial charge >= 0.3 is 0 Å². The summed E-state index contributed by atoms with van der Waals surface area (Å²) in [6.45, 7) is 4.14. The van der Waals surface area contributed by atoms with Crippen LogP contribution in [-0.2, 0) is 4.79 Å². The third-order valence-electron chi connectivity index (χ3n) is 8.13. The summed E-state index contributed by atoms with van der Waals surface area (Å²) in [7, 11) is 0. The monoisotopic (exact) mass is 655 g/mol. The van der Waals surface area contributed by atoms with E-state index in [1.807, 2.05) is 28.8 Å². The highest BCUT2D eigenvalue weighted by Crippen LogP contribution is 2.46. The first-order valence-corrected chi connectivity index (χ1v) is 17.7. The van der Waals surface area contributed by atoms with Crippen molar-refractivity contribution in [3.63, 3.8) is 0 Å². The minimum Gasteiger partial charge on any atom is -0.272 e. The number of nitrogens with zero attached hydrogens (tertiary/aromatic N) is 5. The zero-order valence-corrected chi connectivity index (χ0v) is 27.5. The summed E-state index contributed by atoms with van der Waals surface area (Å²) in [4.78, 5) is 16.5. The Balaban J connectivity index is 1.23. The fraction of sp³-hybridized carbons (Fsp3) is 0.235. The highest BCUT2D eigenvalue weighted by Gasteiger charge is 2.44. The Morgan fingerprint density at radius 3 is 2.68 bits per heavy atom. The van der Waals surface area contributed by atoms with Crippen LogP contribution in [0.15, 0.2) is 93.3 Å². The van der Waals surface area contributed by atoms with E-state index in [0.717, 1.165) is 47.4 Å². The lowest BCUT2D eigenvalue weighted by molar-refractivity contribution is -0.130. The molecule has 4 heterocycles. The SMILES string of the molecule is Cc1ccc(C)c(-n2c(SCC(=O)N3N=C4/C(=C/c5cccs5)CCC[C@@H]4[C@@H]3c3cccs3)nnc2-c2ccccc2Cl)c1. The number of hydrogen-bond donors (Lipinski definition) is 0. The summed E-state index contributed by atoms with van der Waals surface area (Å²) in [5.74, 6) is 0.973. The summed E-state index contributed by atoms with van der Waals surface area (Å²) in [6, 6.07) is 22.3. The number of hydrogen-bond acceptors (Lipinski definition) is 7. The number of allylic oxidation sites excluding steroid dienone is 1. The molecule has 1 saturated carbocycles. The number of thioether (sulfide) groups is 1. The van der Waals surface area contributed by atoms with Gasteiger partial charge in [0.05, 0.1) is 28.2 Å². The Kier molecular flexibility index (Phi) is 8.29. The van der Waals surface area contributed by atoms with E-state index in [1.165, 1.54) is 27.1 Å². The second-order valence-corrected chi connectivity index (χ2v) is 14.4. The van der Waals surface area contributed by atoms with E-state index in [-0.39, 0.29) is 23.6 Å². The van der Waals surface area contributed by atoms with Crippen molar-refractivity contribution in [1.29, 1.82) is 0 Å². The summed E-state index contributed by atoms with van der Waals surface area (Å²) >= 11 is 11.4. The molecule has 44 heavy (non-hydrogen) atoms. The second-order valence-electron chi connectivity index (χ2n) is 11.1. The Hall–Kier alpha value is -3.50. The van der Waals surface area contributed by atoms with Crippen LogP contribution in [0, 0.1) is 19.8 Å². The number of carbonyl (C=O) groups is 1. The molecule has 0 spiro atoms. The topological polar surface area (TPSA) is 63.4 Å². The molecule has 7 rings (SSSR count). The summed E-state index contributed by atoms with van der Waals surface area (Å²) in [5.41, 5.74) is 6.26. The van der Waals surface area contributed by atoms with Crippen molar-refractivity contribution in [2.24, 2.45) is 11.0 Å². The van der Waals surface area contributed by atoms with Crippen LogP contribution in [0.1, 0.15) is 46.2 Å². The Morgan fingerprint density at radius 2 is 1.89 bits per heavy atom. The molecule has 2 aromatic carbocycles. The van der Waals surface area contributed by atoms with E-state index >= 15 is 0 Å². The third kappa shape index (κ3) is 5.58. The van der Waals surface area contributed by atoms with Crippen molar-refractivity contribution in [3.05, 3.63) is 109 Å². The minimum atomic E-state index is -0.0966. The van der Waals surface area contributed by atoms with Gasteiger partial charge in [-0.2, -0.15) is 5.10 Å². The molecular formula is C34H30ClN5OS3. The van der Waals surface area contributed by atoms with Crippen molar-refractivity contribution >= 4 is 63.7 Å². The van der Waals surface area contributed by atoms with Crippen LogP contribution in [-0.4, -0.2) is 37.1 Å². The van der Waals surface area contributed by atoms with Crippen LogP contribution in [0.2, 0.25) is 5.02 Å². The van der Waals surface area contributed by atoms with Gasteiger partial charge in [-0.1, -0.05) is 59.8 Å². The maximum Gasteiger partial charge on any atom is 0.253 e. The number of thiophene rings is 2. The molecule has 5 aromatic rings. The zero-order chi connectivity index (χ0) is 30.2. The number of halogens is 1. The lowest BCUT2D eigenvalue weighted by Gasteiger charge is -2.28. The molecule has 222 valence electrons. The smallest absolute Gasteiger partial charge is 0.253 e. The molecule has 0 N–H and O–H groups in total. The fourth-order valence-electron chi connectivity index (χ4n) is 6.04. The number of amides is 1. The van der Waals surface area contributed by atoms with Crippen LogP contribution in [0.25, 0.3) is 23.2 Å². The maximum atomic E-state index is 14.1. The summed E-state index contributed by atoms with van der Waals surface area (Å²) < 4.78 is 2.02. The molecule has 0 saturated heterocycles. The molecule has 3 aromatic heterocycles. The fourth-order valence-corrected chi connectivity index (χ4v) is 8.61. The number of carbonyl (C=O) groups excluding carboxylic acids is 1. The highest BCUT2D eigenvalue weighted by molar-refractivity contribution is 7.99. The molecule has 1 aliphatic carbocycles. The van der Waals surface area contributed by atoms with Crippen molar-refractivity contribution in [2.75, 3.05) is 5.75 Å². The van der Waals surface area contributed by atoms with Crippen LogP contribution in [0.4, 0.5) is 0 Å². The number of hydrazone groups is 1. The Bertz CT molecular complexity index is 1880. The van der Waals surface area contributed by atoms with Crippen molar-refractivity contribution < 1.29 is 4.79 Å². The minimum absolute atomic E-state index is 0.0411. The average Bonchev–Trinajstić information content (AvgIpc) is 3.84. The molecule has 1 aliphatic heterocycles. The van der Waals surface area contributed by atoms with Crippen LogP contribution in [0.3, 0.4) is 0 Å². The largest absolute Gasteiger partial charge is 0.272 e. The number of aryl methyl sites for hydroxylation is 2. The Labute approximate surface area is 274 Å². The molecule has 0 unspecified atom stereocenters. The van der Waals surface area contributed by atoms with Gasteiger partial charge in [0.1, 0.15) is 0 Å². The van der Waals surface area contributed by atoms with E-state index in [9.17, 15) is 4.79 Å². The molecule has 1 amide bonds. The van der Waals surface area contributed by atoms with E-state index in [1.54, 1.807) is 27.7 Å². The van der Waals surface area contributed by atoms with Gasteiger partial charge in [0.25, 0.3) is 5.91 Å². The Morgan fingerprint density at radius 1 is 1.05 bits per heavy atom. The lowest BCUT2D eigenvalue weighted by atomic mass is 9.79. The molecule has 0 radical (unpaired) electrons. The van der Waals surface area contributed by atoms with E-state index in [0.29, 0.717) is 16.0 Å². The average molecular weight is 656 g/mol. The van der Waals surface area contributed by atoms with Crippen molar-refractivity contribution in [2.45, 2.75) is 44.3 Å². The van der Waals surface area contributed by atoms with Gasteiger partial charge in [-0.3, -0.25) is 9.36 Å². The maximum absolute atomic E-state index is 14.1. The molecule has 1 fully saturated rings. The van der Waals surface area contributed by atoms with Gasteiger partial charge in [-0.05, 0) is 97.0 Å². The lowest BCUT2D eigenvalue weighted by Crippen LogP contribution is -2.32. The van der Waals surface area contributed by atoms with Crippen molar-refractivity contribution in [1.82, 2.24) is 19.8 Å². The molecule has 6 nitrogen and oxygen atoms in total. The standard InChI is InChI=1S/C34H30ClN5OS3/c1-21-14-15-22(2)28(18-21)39-33(25-10-3-4-12-27(25)35)36-37-34(39)44-20-30(41)40-32(29-13-7-17-43-29)26-11-5-8-23(31(26)38-40)19-24-9-6-16-42-24/h3-4,6-7,9-10,12-19,26,32H,5,8,11,20H2,1-2H3/b23-19+/t26-,32+/m0/s1. The van der Waals surface area contributed by atoms with Gasteiger partial charge in [-0.15, -0.1) is 32.9 Å². The van der Waals surface area contributed by atoms with E-state index in [2.05, 4.69) is 83.3 Å². The van der Waals surface area contributed by atoms with Crippen molar-refractivity contribution in [3.8, 4) is 17.1 Å². The highest BCUT2D eigenvalue weighted by atomic mass is 35.5. The zero-order valence-electron chi connectivity index (χ0n) is 24.3. The van der Waals surface area contributed by atoms with Crippen LogP contribution < -0.4 is 0 Å². The number of fused-ring (bicyclic) bond motifs is 1. The van der Waals surface area contributed by atoms with Crippen LogP contribution >= 0.6 is 46.0 Å². The summed E-state index contributed by atoms with van der Waals surface area (Å²) in [5, 5.41) is 21.4. The van der Waals surface area contributed by atoms with Gasteiger partial charge in [0.15, 0.2) is 11.0 Å².